The predicted molar refractivity (Wildman–Crippen MR) is 70.6 cm³/mol. The maximum atomic E-state index is 11.9. The zero-order valence-electron chi connectivity index (χ0n) is 11.3. The number of piperazine rings is 1. The first-order valence-electron chi connectivity index (χ1n) is 6.41. The van der Waals surface area contributed by atoms with Crippen LogP contribution < -0.4 is 0 Å². The van der Waals surface area contributed by atoms with Crippen molar-refractivity contribution in [2.75, 3.05) is 26.2 Å². The molecule has 5 nitrogen and oxygen atoms in total. The molecule has 18 heavy (non-hydrogen) atoms. The van der Waals surface area contributed by atoms with E-state index in [1.165, 1.54) is 0 Å². The van der Waals surface area contributed by atoms with Crippen molar-refractivity contribution in [1.82, 2.24) is 9.80 Å². The van der Waals surface area contributed by atoms with Crippen LogP contribution >= 0.6 is 0 Å². The zero-order chi connectivity index (χ0) is 13.2. The van der Waals surface area contributed by atoms with E-state index in [1.807, 2.05) is 27.0 Å². The Balaban J connectivity index is 1.83. The van der Waals surface area contributed by atoms with Gasteiger partial charge >= 0.3 is 6.09 Å². The number of carbonyl (C=O) groups is 1. The molecule has 2 aliphatic heterocycles. The number of ether oxygens (including phenoxy) is 1. The standard InChI is InChI=1S/C13H21N3O2/c1-13(2,3)18-12(17)16-9-7-15(8-10-16)11-5-4-6-14-11/h5-6H,4,7-10H2,1-3H3. The second-order valence-electron chi connectivity index (χ2n) is 5.56. The number of carbonyl (C=O) groups excluding carboxylic acids is 1. The van der Waals surface area contributed by atoms with E-state index in [2.05, 4.69) is 16.0 Å². The average Bonchev–Trinajstić information content (AvgIpc) is 2.80. The molecule has 100 valence electrons. The lowest BCUT2D eigenvalue weighted by atomic mass is 10.2. The van der Waals surface area contributed by atoms with Gasteiger partial charge in [0, 0.05) is 38.8 Å². The third-order valence-electron chi connectivity index (χ3n) is 2.88. The van der Waals surface area contributed by atoms with Gasteiger partial charge in [0.15, 0.2) is 0 Å². The van der Waals surface area contributed by atoms with Gasteiger partial charge in [-0.25, -0.2) is 9.79 Å². The van der Waals surface area contributed by atoms with E-state index in [0.29, 0.717) is 13.1 Å². The lowest BCUT2D eigenvalue weighted by Gasteiger charge is -2.36. The summed E-state index contributed by atoms with van der Waals surface area (Å²) in [6.45, 7) is 8.70. The summed E-state index contributed by atoms with van der Waals surface area (Å²) in [7, 11) is 0. The van der Waals surface area contributed by atoms with Gasteiger partial charge in [-0.1, -0.05) is 0 Å². The van der Waals surface area contributed by atoms with Crippen LogP contribution in [0.2, 0.25) is 0 Å². The highest BCUT2D eigenvalue weighted by molar-refractivity contribution is 5.68. The molecule has 0 bridgehead atoms. The molecule has 2 rings (SSSR count). The molecule has 0 saturated carbocycles. The minimum Gasteiger partial charge on any atom is -0.444 e. The summed E-state index contributed by atoms with van der Waals surface area (Å²) in [5.41, 5.74) is -0.424. The molecular weight excluding hydrogens is 230 g/mol. The normalized spacial score (nSPS) is 20.1. The molecule has 0 radical (unpaired) electrons. The van der Waals surface area contributed by atoms with E-state index >= 15 is 0 Å². The van der Waals surface area contributed by atoms with Crippen molar-refractivity contribution in [2.45, 2.75) is 32.8 Å². The van der Waals surface area contributed by atoms with E-state index in [0.717, 1.165) is 25.3 Å². The average molecular weight is 251 g/mol. The maximum Gasteiger partial charge on any atom is 0.410 e. The Morgan fingerprint density at radius 2 is 1.94 bits per heavy atom. The third kappa shape index (κ3) is 3.24. The van der Waals surface area contributed by atoms with Crippen molar-refractivity contribution in [3.8, 4) is 0 Å². The highest BCUT2D eigenvalue weighted by atomic mass is 16.6. The smallest absolute Gasteiger partial charge is 0.410 e. The largest absolute Gasteiger partial charge is 0.444 e. The number of allylic oxidation sites excluding steroid dienone is 1. The fraction of sp³-hybridized carbons (Fsp3) is 0.692. The van der Waals surface area contributed by atoms with E-state index in [-0.39, 0.29) is 6.09 Å². The van der Waals surface area contributed by atoms with E-state index in [1.54, 1.807) is 4.90 Å². The summed E-state index contributed by atoms with van der Waals surface area (Å²) in [6.07, 6.45) is 4.73. The van der Waals surface area contributed by atoms with Crippen molar-refractivity contribution in [3.05, 3.63) is 11.9 Å². The number of hydrogen-bond donors (Lipinski definition) is 0. The van der Waals surface area contributed by atoms with Crippen molar-refractivity contribution in [2.24, 2.45) is 4.99 Å². The van der Waals surface area contributed by atoms with Gasteiger partial charge < -0.3 is 14.5 Å². The Labute approximate surface area is 108 Å². The molecular formula is C13H21N3O2. The van der Waals surface area contributed by atoms with Crippen molar-refractivity contribution in [1.29, 1.82) is 0 Å². The topological polar surface area (TPSA) is 45.1 Å². The second kappa shape index (κ2) is 5.00. The zero-order valence-corrected chi connectivity index (χ0v) is 11.3. The van der Waals surface area contributed by atoms with Crippen LogP contribution in [0.4, 0.5) is 4.79 Å². The Bertz CT molecular complexity index is 374. The van der Waals surface area contributed by atoms with Crippen LogP contribution in [-0.4, -0.2) is 53.9 Å². The highest BCUT2D eigenvalue weighted by Crippen LogP contribution is 2.16. The van der Waals surface area contributed by atoms with Gasteiger partial charge in [-0.15, -0.1) is 0 Å². The van der Waals surface area contributed by atoms with Crippen molar-refractivity contribution in [3.63, 3.8) is 0 Å². The Morgan fingerprint density at radius 3 is 2.44 bits per heavy atom. The van der Waals surface area contributed by atoms with Gasteiger partial charge in [-0.2, -0.15) is 0 Å². The quantitative estimate of drug-likeness (QED) is 0.714. The van der Waals surface area contributed by atoms with Crippen LogP contribution in [0, 0.1) is 0 Å². The molecule has 2 aliphatic rings. The molecule has 0 aromatic heterocycles. The molecule has 0 aliphatic carbocycles. The Hall–Kier alpha value is -1.52. The predicted octanol–water partition coefficient (Wildman–Crippen LogP) is 1.85. The van der Waals surface area contributed by atoms with Crippen LogP contribution in [0.3, 0.4) is 0 Å². The summed E-state index contributed by atoms with van der Waals surface area (Å²) in [6, 6.07) is 0. The molecule has 5 heteroatoms. The molecule has 0 aromatic carbocycles. The summed E-state index contributed by atoms with van der Waals surface area (Å²) in [4.78, 5) is 20.2. The summed E-state index contributed by atoms with van der Waals surface area (Å²) >= 11 is 0. The fourth-order valence-corrected chi connectivity index (χ4v) is 2.01. The van der Waals surface area contributed by atoms with Gasteiger partial charge in [0.05, 0.1) is 0 Å². The number of hydrogen-bond acceptors (Lipinski definition) is 4. The van der Waals surface area contributed by atoms with Gasteiger partial charge in [0.2, 0.25) is 0 Å². The molecule has 1 fully saturated rings. The number of aliphatic imine (C=N–C) groups is 1. The first-order valence-corrected chi connectivity index (χ1v) is 6.41. The summed E-state index contributed by atoms with van der Waals surface area (Å²) in [5, 5.41) is 0. The van der Waals surface area contributed by atoms with E-state index < -0.39 is 5.60 Å². The van der Waals surface area contributed by atoms with E-state index in [4.69, 9.17) is 4.74 Å². The van der Waals surface area contributed by atoms with Gasteiger partial charge in [-0.3, -0.25) is 0 Å². The van der Waals surface area contributed by atoms with Crippen molar-refractivity contribution < 1.29 is 9.53 Å². The molecule has 1 amide bonds. The van der Waals surface area contributed by atoms with Gasteiger partial charge in [0.25, 0.3) is 0 Å². The molecule has 1 saturated heterocycles. The Morgan fingerprint density at radius 1 is 1.28 bits per heavy atom. The monoisotopic (exact) mass is 251 g/mol. The SMILES string of the molecule is CC(C)(C)OC(=O)N1CCN(C2=CCC=N2)CC1. The molecule has 2 heterocycles. The van der Waals surface area contributed by atoms with Crippen LogP contribution in [-0.2, 0) is 4.74 Å². The second-order valence-corrected chi connectivity index (χ2v) is 5.56. The molecule has 0 unspecified atom stereocenters. The third-order valence-corrected chi connectivity index (χ3v) is 2.88. The summed E-state index contributed by atoms with van der Waals surface area (Å²) in [5.74, 6) is 1.04. The summed E-state index contributed by atoms with van der Waals surface area (Å²) < 4.78 is 5.36. The lowest BCUT2D eigenvalue weighted by molar-refractivity contribution is 0.0168. The molecule has 0 atom stereocenters. The first-order chi connectivity index (χ1) is 8.46. The van der Waals surface area contributed by atoms with Gasteiger partial charge in [-0.05, 0) is 26.8 Å². The molecule has 0 N–H and O–H groups in total. The highest BCUT2D eigenvalue weighted by Gasteiger charge is 2.26. The Kier molecular flexibility index (Phi) is 3.59. The number of nitrogens with zero attached hydrogens (tertiary/aromatic N) is 3. The maximum absolute atomic E-state index is 11.9. The molecule has 0 aromatic rings. The van der Waals surface area contributed by atoms with Crippen LogP contribution in [0.1, 0.15) is 27.2 Å². The minimum atomic E-state index is -0.424. The number of amides is 1. The van der Waals surface area contributed by atoms with Crippen LogP contribution in [0.5, 0.6) is 0 Å². The van der Waals surface area contributed by atoms with Gasteiger partial charge in [0.1, 0.15) is 11.4 Å². The van der Waals surface area contributed by atoms with Crippen LogP contribution in [0.15, 0.2) is 16.9 Å². The van der Waals surface area contributed by atoms with Crippen LogP contribution in [0.25, 0.3) is 0 Å². The minimum absolute atomic E-state index is 0.217. The van der Waals surface area contributed by atoms with Crippen molar-refractivity contribution >= 4 is 12.3 Å². The fourth-order valence-electron chi connectivity index (χ4n) is 2.01. The molecule has 0 spiro atoms. The first kappa shape index (κ1) is 12.9. The lowest BCUT2D eigenvalue weighted by Crippen LogP contribution is -2.49. The van der Waals surface area contributed by atoms with E-state index in [9.17, 15) is 4.79 Å². The number of rotatable bonds is 1.